The lowest BCUT2D eigenvalue weighted by Gasteiger charge is -2.62. The number of methoxy groups -OCH3 is 2. The number of nitrogens with zero attached hydrogens (tertiary/aromatic N) is 2. The second-order valence-electron chi connectivity index (χ2n) is 14.6. The first kappa shape index (κ1) is 33.0. The molecule has 4 bridgehead atoms. The van der Waals surface area contributed by atoms with Gasteiger partial charge in [-0.15, -0.1) is 11.8 Å². The van der Waals surface area contributed by atoms with E-state index in [-0.39, 0.29) is 59.8 Å². The number of likely N-dealkylation sites (N-methyl/N-ethyl adjacent to an activating group) is 1. The van der Waals surface area contributed by atoms with Gasteiger partial charge in [-0.1, -0.05) is 6.07 Å². The Balaban J connectivity index is 1.29. The summed E-state index contributed by atoms with van der Waals surface area (Å²) in [7, 11) is 5.10. The van der Waals surface area contributed by atoms with E-state index < -0.39 is 23.8 Å². The van der Waals surface area contributed by atoms with Crippen LogP contribution in [0, 0.1) is 20.8 Å². The van der Waals surface area contributed by atoms with E-state index in [0.29, 0.717) is 36.6 Å². The van der Waals surface area contributed by atoms with Crippen molar-refractivity contribution >= 4 is 17.7 Å². The fourth-order valence-corrected chi connectivity index (χ4v) is 11.7. The zero-order chi connectivity index (χ0) is 35.7. The summed E-state index contributed by atoms with van der Waals surface area (Å²) in [5.41, 5.74) is 6.95. The summed E-state index contributed by atoms with van der Waals surface area (Å²) in [6.45, 7) is 6.62. The number of benzene rings is 3. The summed E-state index contributed by atoms with van der Waals surface area (Å²) >= 11 is 1.63. The van der Waals surface area contributed by atoms with Crippen molar-refractivity contribution in [3.63, 3.8) is 0 Å². The summed E-state index contributed by atoms with van der Waals surface area (Å²) < 4.78 is 30.0. The number of ether oxygens (including phenoxy) is 5. The number of carbonyl (C=O) groups is 1. The van der Waals surface area contributed by atoms with Gasteiger partial charge >= 0.3 is 5.97 Å². The van der Waals surface area contributed by atoms with Gasteiger partial charge in [0.15, 0.2) is 40.0 Å². The molecule has 4 N–H and O–H groups in total. The Morgan fingerprint density at radius 3 is 2.53 bits per heavy atom. The van der Waals surface area contributed by atoms with Crippen LogP contribution in [0.5, 0.6) is 34.5 Å². The fourth-order valence-electron chi connectivity index (χ4n) is 9.95. The van der Waals surface area contributed by atoms with E-state index in [1.54, 1.807) is 31.0 Å². The molecule has 0 aliphatic carbocycles. The molecule has 0 aromatic heterocycles. The summed E-state index contributed by atoms with van der Waals surface area (Å²) in [5.74, 6) is 2.03. The van der Waals surface area contributed by atoms with Gasteiger partial charge in [0.2, 0.25) is 6.79 Å². The third-order valence-corrected chi connectivity index (χ3v) is 13.9. The SMILES string of the molecule is COc1cc2c(cc1O)CCN[C@]21CSC2c3c(C)c(C)c4c(c3[C@H](COC1=O)N1C2[C@H]2c3c(cc(C)c(OC)c3O)C[C@@H](C1O)N2C)OCO4. The van der Waals surface area contributed by atoms with E-state index in [9.17, 15) is 20.1 Å². The molecule has 12 nitrogen and oxygen atoms in total. The minimum absolute atomic E-state index is 0.0233. The topological polar surface area (TPSA) is 142 Å². The Labute approximate surface area is 300 Å². The molecule has 7 aliphatic rings. The van der Waals surface area contributed by atoms with Crippen LogP contribution in [0.2, 0.25) is 0 Å². The highest BCUT2D eigenvalue weighted by Crippen LogP contribution is 2.63. The van der Waals surface area contributed by atoms with E-state index in [4.69, 9.17) is 23.7 Å². The molecule has 3 aromatic carbocycles. The number of thioether (sulfide) groups is 1. The van der Waals surface area contributed by atoms with Gasteiger partial charge in [0.05, 0.1) is 32.3 Å². The first-order valence-corrected chi connectivity index (χ1v) is 18.5. The quantitative estimate of drug-likeness (QED) is 0.286. The van der Waals surface area contributed by atoms with Crippen molar-refractivity contribution in [3.05, 3.63) is 68.3 Å². The Kier molecular flexibility index (Phi) is 7.48. The van der Waals surface area contributed by atoms with E-state index in [1.165, 1.54) is 7.11 Å². The normalized spacial score (nSPS) is 30.6. The number of esters is 1. The van der Waals surface area contributed by atoms with Gasteiger partial charge in [0.25, 0.3) is 0 Å². The molecule has 3 aromatic rings. The van der Waals surface area contributed by atoms with Crippen LogP contribution in [0.15, 0.2) is 18.2 Å². The van der Waals surface area contributed by atoms with E-state index >= 15 is 0 Å². The Hall–Kier alpha value is -3.88. The molecule has 270 valence electrons. The third kappa shape index (κ3) is 4.32. The van der Waals surface area contributed by atoms with Gasteiger partial charge in [-0.3, -0.25) is 15.1 Å². The fraction of sp³-hybridized carbons (Fsp3) is 0.500. The average Bonchev–Trinajstić information content (AvgIpc) is 3.60. The van der Waals surface area contributed by atoms with Gasteiger partial charge in [-0.25, -0.2) is 4.79 Å². The van der Waals surface area contributed by atoms with Crippen LogP contribution in [-0.4, -0.2) is 96.4 Å². The molecule has 2 saturated heterocycles. The number of hydrogen-bond donors (Lipinski definition) is 4. The smallest absolute Gasteiger partial charge is 0.331 e. The van der Waals surface area contributed by atoms with Crippen molar-refractivity contribution in [2.24, 2.45) is 0 Å². The molecule has 0 radical (unpaired) electrons. The summed E-state index contributed by atoms with van der Waals surface area (Å²) in [4.78, 5) is 18.9. The Bertz CT molecular complexity index is 2010. The molecule has 7 aliphatic heterocycles. The molecular weight excluding hydrogens is 674 g/mol. The number of aromatic hydroxyl groups is 2. The number of nitrogens with one attached hydrogen (secondary N) is 1. The maximum Gasteiger partial charge on any atom is 0.331 e. The number of piperazine rings is 1. The number of rotatable bonds is 2. The predicted molar refractivity (Wildman–Crippen MR) is 188 cm³/mol. The van der Waals surface area contributed by atoms with Crippen molar-refractivity contribution in [1.29, 1.82) is 0 Å². The van der Waals surface area contributed by atoms with Crippen LogP contribution in [0.4, 0.5) is 0 Å². The van der Waals surface area contributed by atoms with E-state index in [1.807, 2.05) is 20.9 Å². The molecule has 3 unspecified atom stereocenters. The molecule has 10 rings (SSSR count). The average molecular weight is 718 g/mol. The van der Waals surface area contributed by atoms with Gasteiger partial charge in [-0.2, -0.15) is 0 Å². The lowest BCUT2D eigenvalue weighted by Crippen LogP contribution is -2.70. The number of carbonyl (C=O) groups excluding carboxylic acids is 1. The molecule has 7 atom stereocenters. The lowest BCUT2D eigenvalue weighted by molar-refractivity contribution is -0.186. The molecule has 13 heteroatoms. The van der Waals surface area contributed by atoms with Crippen LogP contribution in [0.1, 0.15) is 67.4 Å². The maximum atomic E-state index is 14.6. The molecule has 0 saturated carbocycles. The number of aryl methyl sites for hydroxylation is 1. The monoisotopic (exact) mass is 717 g/mol. The summed E-state index contributed by atoms with van der Waals surface area (Å²) in [6.07, 6.45) is 0.214. The van der Waals surface area contributed by atoms with Gasteiger partial charge < -0.3 is 39.0 Å². The van der Waals surface area contributed by atoms with Crippen molar-refractivity contribution in [2.45, 2.75) is 74.8 Å². The maximum absolute atomic E-state index is 14.6. The lowest BCUT2D eigenvalue weighted by atomic mass is 9.72. The first-order valence-electron chi connectivity index (χ1n) is 17.5. The van der Waals surface area contributed by atoms with Crippen LogP contribution in [0.3, 0.4) is 0 Å². The highest BCUT2D eigenvalue weighted by molar-refractivity contribution is 7.99. The standard InChI is InChI=1S/C38H43N3O9S/c1-16-9-20-10-22-36(44)41-23-13-48-37(45)38(21-12-25(46-5)24(42)11-19(21)7-8-39-38)14-51-35(26-17(2)18(3)33-34(28(23)26)50-15-49-33)30(41)29(40(22)4)27(20)31(43)32(16)47-6/h9,11-12,22-23,29-30,35-36,39,42-44H,7-8,10,13-15H2,1-6H3/t22-,23-,29+,30?,35?,36?,38+/m0/s1. The number of phenolic OH excluding ortho intramolecular Hbond substituents is 2. The molecule has 51 heavy (non-hydrogen) atoms. The molecule has 0 amide bonds. The highest BCUT2D eigenvalue weighted by Gasteiger charge is 2.61. The molecule has 1 spiro atoms. The minimum Gasteiger partial charge on any atom is -0.504 e. The second-order valence-corrected chi connectivity index (χ2v) is 15.8. The van der Waals surface area contributed by atoms with Crippen LogP contribution in [0.25, 0.3) is 0 Å². The Morgan fingerprint density at radius 1 is 0.980 bits per heavy atom. The van der Waals surface area contributed by atoms with Crippen molar-refractivity contribution in [3.8, 4) is 34.5 Å². The van der Waals surface area contributed by atoms with Crippen LogP contribution in [-0.2, 0) is 27.9 Å². The van der Waals surface area contributed by atoms with Crippen molar-refractivity contribution in [2.75, 3.05) is 47.0 Å². The van der Waals surface area contributed by atoms with Gasteiger partial charge in [-0.05, 0) is 91.7 Å². The number of aliphatic hydroxyl groups is 1. The van der Waals surface area contributed by atoms with E-state index in [0.717, 1.165) is 50.1 Å². The van der Waals surface area contributed by atoms with Crippen LogP contribution < -0.4 is 24.3 Å². The van der Waals surface area contributed by atoms with Crippen molar-refractivity contribution < 1.29 is 43.8 Å². The third-order valence-electron chi connectivity index (χ3n) is 12.4. The Morgan fingerprint density at radius 2 is 1.76 bits per heavy atom. The van der Waals surface area contributed by atoms with E-state index in [2.05, 4.69) is 28.1 Å². The van der Waals surface area contributed by atoms with Crippen molar-refractivity contribution in [1.82, 2.24) is 15.1 Å². The molecule has 7 heterocycles. The minimum atomic E-state index is -1.24. The summed E-state index contributed by atoms with van der Waals surface area (Å²) in [6, 6.07) is 3.93. The zero-order valence-electron chi connectivity index (χ0n) is 29.5. The molecule has 2 fully saturated rings. The highest BCUT2D eigenvalue weighted by atomic mass is 32.2. The van der Waals surface area contributed by atoms with Gasteiger partial charge in [0, 0.05) is 34.7 Å². The number of aliphatic hydroxyl groups excluding tert-OH is 1. The second kappa shape index (κ2) is 11.6. The summed E-state index contributed by atoms with van der Waals surface area (Å²) in [5, 5.41) is 38.4. The largest absolute Gasteiger partial charge is 0.504 e. The number of hydrogen-bond acceptors (Lipinski definition) is 13. The zero-order valence-corrected chi connectivity index (χ0v) is 30.3. The molecular formula is C38H43N3O9S. The van der Waals surface area contributed by atoms with Crippen LogP contribution >= 0.6 is 11.8 Å². The predicted octanol–water partition coefficient (Wildman–Crippen LogP) is 3.80. The number of fused-ring (bicyclic) bond motifs is 9. The number of phenols is 2. The van der Waals surface area contributed by atoms with Gasteiger partial charge in [0.1, 0.15) is 12.8 Å². The first-order chi connectivity index (χ1) is 24.5.